The lowest BCUT2D eigenvalue weighted by atomic mass is 10.1. The van der Waals surface area contributed by atoms with Gasteiger partial charge < -0.3 is 15.2 Å². The minimum absolute atomic E-state index is 0.122. The van der Waals surface area contributed by atoms with Gasteiger partial charge in [-0.25, -0.2) is 27.2 Å². The second-order valence-corrected chi connectivity index (χ2v) is 9.53. The van der Waals surface area contributed by atoms with E-state index < -0.39 is 16.1 Å². The molecule has 0 saturated heterocycles. The van der Waals surface area contributed by atoms with Gasteiger partial charge in [-0.15, -0.1) is 0 Å². The second kappa shape index (κ2) is 9.98. The summed E-state index contributed by atoms with van der Waals surface area (Å²) in [5, 5.41) is 11.8. The Labute approximate surface area is 202 Å². The molecular formula is C25H24N4O5S. The Morgan fingerprint density at radius 1 is 1.14 bits per heavy atom. The summed E-state index contributed by atoms with van der Waals surface area (Å²) >= 11 is 0. The van der Waals surface area contributed by atoms with Crippen LogP contribution in [0.4, 0.5) is 4.79 Å². The van der Waals surface area contributed by atoms with Gasteiger partial charge in [-0.05, 0) is 43.7 Å². The van der Waals surface area contributed by atoms with Crippen LogP contribution in [0, 0.1) is 6.92 Å². The highest BCUT2D eigenvalue weighted by Gasteiger charge is 2.22. The van der Waals surface area contributed by atoms with Gasteiger partial charge >= 0.3 is 6.09 Å². The summed E-state index contributed by atoms with van der Waals surface area (Å²) < 4.78 is 33.3. The first-order valence-corrected chi connectivity index (χ1v) is 12.3. The van der Waals surface area contributed by atoms with E-state index in [9.17, 15) is 13.2 Å². The van der Waals surface area contributed by atoms with Crippen LogP contribution in [-0.2, 0) is 21.3 Å². The Morgan fingerprint density at radius 2 is 1.91 bits per heavy atom. The average Bonchev–Trinajstić information content (AvgIpc) is 3.28. The minimum atomic E-state index is -3.91. The molecule has 2 aromatic heterocycles. The summed E-state index contributed by atoms with van der Waals surface area (Å²) in [6.07, 6.45) is 3.36. The van der Waals surface area contributed by atoms with Crippen molar-refractivity contribution in [1.29, 1.82) is 0 Å². The SMILES string of the molecule is CCOC=Cc1nc(-c2cccc(CNC(=O)O)c2)c2ccn(S(=O)(=O)c3ccc(C)cc3)c2n1. The lowest BCUT2D eigenvalue weighted by molar-refractivity contribution is 0.194. The number of aromatic nitrogens is 3. The number of rotatable bonds is 8. The Hall–Kier alpha value is -4.18. The quantitative estimate of drug-likeness (QED) is 0.349. The number of carbonyl (C=O) groups is 1. The Bertz CT molecular complexity index is 1510. The van der Waals surface area contributed by atoms with Crippen LogP contribution in [0.5, 0.6) is 0 Å². The maximum absolute atomic E-state index is 13.4. The van der Waals surface area contributed by atoms with Crippen molar-refractivity contribution >= 4 is 33.2 Å². The van der Waals surface area contributed by atoms with E-state index in [4.69, 9.17) is 9.84 Å². The molecule has 4 aromatic rings. The highest BCUT2D eigenvalue weighted by atomic mass is 32.2. The number of amides is 1. The standard InChI is InChI=1S/C25H24N4O5S/c1-3-34-14-12-22-27-23(19-6-4-5-18(15-19)16-26-25(30)31)21-11-13-29(24(21)28-22)35(32,33)20-9-7-17(2)8-10-20/h4-15,26H,3,16H2,1-2H3,(H,30,31). The fourth-order valence-corrected chi connectivity index (χ4v) is 4.83. The molecule has 10 heteroatoms. The van der Waals surface area contributed by atoms with E-state index in [1.807, 2.05) is 19.9 Å². The molecule has 0 atom stereocenters. The number of benzene rings is 2. The number of fused-ring (bicyclic) bond motifs is 1. The van der Waals surface area contributed by atoms with Crippen molar-refractivity contribution in [2.45, 2.75) is 25.3 Å². The summed E-state index contributed by atoms with van der Waals surface area (Å²) in [6.45, 7) is 4.31. The van der Waals surface area contributed by atoms with Crippen LogP contribution in [-0.4, -0.2) is 40.2 Å². The van der Waals surface area contributed by atoms with Crippen LogP contribution in [0.1, 0.15) is 23.9 Å². The second-order valence-electron chi connectivity index (χ2n) is 7.71. The molecule has 0 fully saturated rings. The molecule has 0 saturated carbocycles. The Balaban J connectivity index is 1.89. The third-order valence-corrected chi connectivity index (χ3v) is 6.91. The molecule has 2 N–H and O–H groups in total. The van der Waals surface area contributed by atoms with Gasteiger partial charge in [0.25, 0.3) is 10.0 Å². The van der Waals surface area contributed by atoms with Gasteiger partial charge in [-0.1, -0.05) is 35.9 Å². The normalized spacial score (nSPS) is 11.7. The maximum atomic E-state index is 13.4. The van der Waals surface area contributed by atoms with Gasteiger partial charge in [0.1, 0.15) is 0 Å². The van der Waals surface area contributed by atoms with E-state index in [1.165, 1.54) is 12.5 Å². The maximum Gasteiger partial charge on any atom is 0.404 e. The van der Waals surface area contributed by atoms with Crippen molar-refractivity contribution in [3.05, 3.63) is 84.0 Å². The van der Waals surface area contributed by atoms with Crippen LogP contribution in [0.2, 0.25) is 0 Å². The molecule has 0 radical (unpaired) electrons. The molecule has 2 aromatic carbocycles. The zero-order chi connectivity index (χ0) is 25.0. The van der Waals surface area contributed by atoms with Crippen molar-refractivity contribution in [2.75, 3.05) is 6.61 Å². The molecule has 4 rings (SSSR count). The van der Waals surface area contributed by atoms with Gasteiger partial charge in [0.2, 0.25) is 0 Å². The number of hydrogen-bond donors (Lipinski definition) is 2. The first kappa shape index (κ1) is 24.0. The van der Waals surface area contributed by atoms with Crippen LogP contribution in [0.15, 0.2) is 72.0 Å². The van der Waals surface area contributed by atoms with Gasteiger partial charge in [-0.2, -0.15) is 0 Å². The fraction of sp³-hybridized carbons (Fsp3) is 0.160. The smallest absolute Gasteiger partial charge is 0.404 e. The average molecular weight is 493 g/mol. The molecular weight excluding hydrogens is 468 g/mol. The molecule has 0 spiro atoms. The summed E-state index contributed by atoms with van der Waals surface area (Å²) in [6, 6.07) is 15.5. The van der Waals surface area contributed by atoms with Crippen LogP contribution in [0.25, 0.3) is 28.4 Å². The lowest BCUT2D eigenvalue weighted by Gasteiger charge is -2.10. The van der Waals surface area contributed by atoms with Gasteiger partial charge in [-0.3, -0.25) is 0 Å². The monoisotopic (exact) mass is 492 g/mol. The van der Waals surface area contributed by atoms with E-state index in [1.54, 1.807) is 54.6 Å². The van der Waals surface area contributed by atoms with Crippen molar-refractivity contribution in [3.63, 3.8) is 0 Å². The summed E-state index contributed by atoms with van der Waals surface area (Å²) in [7, 11) is -3.91. The first-order chi connectivity index (χ1) is 16.8. The number of nitrogens with zero attached hydrogens (tertiary/aromatic N) is 3. The van der Waals surface area contributed by atoms with Crippen LogP contribution >= 0.6 is 0 Å². The summed E-state index contributed by atoms with van der Waals surface area (Å²) in [5.74, 6) is 0.272. The zero-order valence-corrected chi connectivity index (χ0v) is 20.0. The van der Waals surface area contributed by atoms with Crippen molar-refractivity contribution in [1.82, 2.24) is 19.3 Å². The number of ether oxygens (including phenoxy) is 1. The number of nitrogens with one attached hydrogen (secondary N) is 1. The van der Waals surface area contributed by atoms with E-state index in [0.29, 0.717) is 23.3 Å². The van der Waals surface area contributed by atoms with Crippen LogP contribution < -0.4 is 5.32 Å². The van der Waals surface area contributed by atoms with Gasteiger partial charge in [0.15, 0.2) is 11.5 Å². The third kappa shape index (κ3) is 5.17. The van der Waals surface area contributed by atoms with Crippen molar-refractivity contribution in [2.24, 2.45) is 0 Å². The molecule has 9 nitrogen and oxygen atoms in total. The third-order valence-electron chi connectivity index (χ3n) is 5.23. The van der Waals surface area contributed by atoms with Crippen LogP contribution in [0.3, 0.4) is 0 Å². The predicted octanol–water partition coefficient (Wildman–Crippen LogP) is 4.42. The molecule has 0 aliphatic rings. The zero-order valence-electron chi connectivity index (χ0n) is 19.2. The molecule has 0 aliphatic carbocycles. The summed E-state index contributed by atoms with van der Waals surface area (Å²) in [5.41, 5.74) is 3.11. The molecule has 1 amide bonds. The topological polar surface area (TPSA) is 123 Å². The van der Waals surface area contributed by atoms with E-state index in [0.717, 1.165) is 15.1 Å². The minimum Gasteiger partial charge on any atom is -0.501 e. The highest BCUT2D eigenvalue weighted by Crippen LogP contribution is 2.30. The molecule has 35 heavy (non-hydrogen) atoms. The lowest BCUT2D eigenvalue weighted by Crippen LogP contribution is -2.19. The molecule has 0 aliphatic heterocycles. The van der Waals surface area contributed by atoms with E-state index >= 15 is 0 Å². The van der Waals surface area contributed by atoms with E-state index in [2.05, 4.69) is 15.3 Å². The van der Waals surface area contributed by atoms with Gasteiger partial charge in [0, 0.05) is 29.8 Å². The largest absolute Gasteiger partial charge is 0.501 e. The molecule has 2 heterocycles. The Morgan fingerprint density at radius 3 is 2.63 bits per heavy atom. The Kier molecular flexibility index (Phi) is 6.83. The molecule has 180 valence electrons. The van der Waals surface area contributed by atoms with Crippen molar-refractivity contribution in [3.8, 4) is 11.3 Å². The first-order valence-electron chi connectivity index (χ1n) is 10.8. The van der Waals surface area contributed by atoms with Crippen molar-refractivity contribution < 1.29 is 23.1 Å². The molecule has 0 bridgehead atoms. The predicted molar refractivity (Wildman–Crippen MR) is 132 cm³/mol. The fourth-order valence-electron chi connectivity index (χ4n) is 3.53. The number of aryl methyl sites for hydroxylation is 1. The molecule has 0 unspecified atom stereocenters. The highest BCUT2D eigenvalue weighted by molar-refractivity contribution is 7.90. The number of carboxylic acid groups (broad SMARTS) is 1. The summed E-state index contributed by atoms with van der Waals surface area (Å²) in [4.78, 5) is 20.2. The number of hydrogen-bond acceptors (Lipinski definition) is 6. The van der Waals surface area contributed by atoms with E-state index in [-0.39, 0.29) is 22.9 Å². The van der Waals surface area contributed by atoms with Gasteiger partial charge in [0.05, 0.1) is 23.5 Å².